The molecule has 2 N–H and O–H groups in total. The maximum atomic E-state index is 12.4. The molecule has 0 aliphatic rings. The topological polar surface area (TPSA) is 113 Å². The second kappa shape index (κ2) is 6.56. The molecular formula is C13H17N3O4S. The summed E-state index contributed by atoms with van der Waals surface area (Å²) in [5.41, 5.74) is 5.85. The first-order chi connectivity index (χ1) is 9.75. The van der Waals surface area contributed by atoms with Gasteiger partial charge in [0, 0.05) is 13.1 Å². The van der Waals surface area contributed by atoms with Gasteiger partial charge in [0.25, 0.3) is 0 Å². The van der Waals surface area contributed by atoms with Crippen molar-refractivity contribution in [2.24, 2.45) is 0 Å². The van der Waals surface area contributed by atoms with Gasteiger partial charge in [-0.2, -0.15) is 9.57 Å². The summed E-state index contributed by atoms with van der Waals surface area (Å²) < 4.78 is 30.5. The minimum atomic E-state index is -3.84. The highest BCUT2D eigenvalue weighted by Crippen LogP contribution is 2.24. The summed E-state index contributed by atoms with van der Waals surface area (Å²) in [6, 6.07) is 5.27. The van der Waals surface area contributed by atoms with E-state index in [2.05, 4.69) is 4.74 Å². The molecule has 7 nitrogen and oxygen atoms in total. The third kappa shape index (κ3) is 3.51. The Hall–Kier alpha value is -2.11. The second-order valence-corrected chi connectivity index (χ2v) is 6.44. The lowest BCUT2D eigenvalue weighted by molar-refractivity contribution is 0.0600. The normalized spacial score (nSPS) is 12.7. The number of hydrogen-bond acceptors (Lipinski definition) is 6. The number of carbonyl (C=O) groups excluding carboxylic acids is 1. The van der Waals surface area contributed by atoms with Crippen LogP contribution in [0.25, 0.3) is 0 Å². The Balaban J connectivity index is 3.21. The first-order valence-electron chi connectivity index (χ1n) is 6.08. The predicted octanol–water partition coefficient (Wildman–Crippen LogP) is 0.978. The summed E-state index contributed by atoms with van der Waals surface area (Å²) in [7, 11) is -1.23. The number of nitrogens with zero attached hydrogens (tertiary/aromatic N) is 2. The van der Waals surface area contributed by atoms with Crippen LogP contribution in [0.1, 0.15) is 23.7 Å². The lowest BCUT2D eigenvalue weighted by atomic mass is 10.2. The molecule has 0 spiro atoms. The maximum absolute atomic E-state index is 12.4. The molecule has 21 heavy (non-hydrogen) atoms. The van der Waals surface area contributed by atoms with Gasteiger partial charge in [0.2, 0.25) is 10.0 Å². The Morgan fingerprint density at radius 1 is 1.52 bits per heavy atom. The van der Waals surface area contributed by atoms with Gasteiger partial charge in [0.1, 0.15) is 4.90 Å². The summed E-state index contributed by atoms with van der Waals surface area (Å²) in [6.07, 6.45) is 0.0654. The summed E-state index contributed by atoms with van der Waals surface area (Å²) in [5, 5.41) is 8.65. The van der Waals surface area contributed by atoms with Gasteiger partial charge in [0.15, 0.2) is 0 Å². The van der Waals surface area contributed by atoms with E-state index in [0.29, 0.717) is 0 Å². The molecule has 8 heteroatoms. The largest absolute Gasteiger partial charge is 0.465 e. The quantitative estimate of drug-likeness (QED) is 0.640. The van der Waals surface area contributed by atoms with Gasteiger partial charge in [-0.3, -0.25) is 0 Å². The van der Waals surface area contributed by atoms with Crippen LogP contribution in [0.2, 0.25) is 0 Å². The molecule has 1 aromatic carbocycles. The number of carbonyl (C=O) groups is 1. The highest BCUT2D eigenvalue weighted by atomic mass is 32.2. The fraction of sp³-hybridized carbons (Fsp3) is 0.385. The molecule has 1 unspecified atom stereocenters. The van der Waals surface area contributed by atoms with E-state index >= 15 is 0 Å². The second-order valence-electron chi connectivity index (χ2n) is 4.48. The number of ether oxygens (including phenoxy) is 1. The maximum Gasteiger partial charge on any atom is 0.337 e. The number of nitriles is 1. The molecule has 0 aliphatic carbocycles. The molecule has 0 fully saturated rings. The van der Waals surface area contributed by atoms with Gasteiger partial charge in [-0.05, 0) is 25.1 Å². The van der Waals surface area contributed by atoms with Crippen LogP contribution in [0.3, 0.4) is 0 Å². The van der Waals surface area contributed by atoms with Crippen molar-refractivity contribution in [1.82, 2.24) is 4.31 Å². The Bertz CT molecular complexity index is 679. The third-order valence-corrected chi connectivity index (χ3v) is 5.14. The molecular weight excluding hydrogens is 294 g/mol. The highest BCUT2D eigenvalue weighted by Gasteiger charge is 2.27. The van der Waals surface area contributed by atoms with Crippen LogP contribution < -0.4 is 5.73 Å². The monoisotopic (exact) mass is 311 g/mol. The fourth-order valence-electron chi connectivity index (χ4n) is 1.68. The van der Waals surface area contributed by atoms with Gasteiger partial charge in [-0.25, -0.2) is 13.2 Å². The van der Waals surface area contributed by atoms with Crippen LogP contribution in [-0.2, 0) is 14.8 Å². The molecule has 0 amide bonds. The van der Waals surface area contributed by atoms with Crippen molar-refractivity contribution in [2.75, 3.05) is 19.9 Å². The first kappa shape index (κ1) is 16.9. The Morgan fingerprint density at radius 3 is 2.62 bits per heavy atom. The van der Waals surface area contributed by atoms with E-state index in [1.165, 1.54) is 32.4 Å². The molecule has 0 bridgehead atoms. The van der Waals surface area contributed by atoms with Crippen LogP contribution in [0.15, 0.2) is 23.1 Å². The number of esters is 1. The van der Waals surface area contributed by atoms with E-state index in [4.69, 9.17) is 11.0 Å². The van der Waals surface area contributed by atoms with Gasteiger partial charge in [-0.1, -0.05) is 0 Å². The van der Waals surface area contributed by atoms with Gasteiger partial charge < -0.3 is 10.5 Å². The molecule has 114 valence electrons. The van der Waals surface area contributed by atoms with Crippen LogP contribution in [-0.4, -0.2) is 38.9 Å². The molecule has 0 aromatic heterocycles. The number of benzene rings is 1. The van der Waals surface area contributed by atoms with E-state index in [0.717, 1.165) is 4.31 Å². The molecule has 1 aromatic rings. The van der Waals surface area contributed by atoms with Crippen LogP contribution in [0, 0.1) is 11.3 Å². The van der Waals surface area contributed by atoms with Crippen LogP contribution >= 0.6 is 0 Å². The molecule has 1 rings (SSSR count). The number of rotatable bonds is 5. The fourth-order valence-corrected chi connectivity index (χ4v) is 3.14. The Labute approximate surface area is 124 Å². The van der Waals surface area contributed by atoms with E-state index < -0.39 is 22.0 Å². The number of sulfonamides is 1. The van der Waals surface area contributed by atoms with Gasteiger partial charge >= 0.3 is 5.97 Å². The predicted molar refractivity (Wildman–Crippen MR) is 76.8 cm³/mol. The molecule has 0 radical (unpaired) electrons. The smallest absolute Gasteiger partial charge is 0.337 e. The number of methoxy groups -OCH3 is 1. The van der Waals surface area contributed by atoms with E-state index in [1.807, 2.05) is 6.07 Å². The van der Waals surface area contributed by atoms with Crippen molar-refractivity contribution >= 4 is 21.7 Å². The van der Waals surface area contributed by atoms with Crippen molar-refractivity contribution in [1.29, 1.82) is 5.26 Å². The minimum absolute atomic E-state index is 0.0473. The van der Waals surface area contributed by atoms with Crippen molar-refractivity contribution in [3.63, 3.8) is 0 Å². The van der Waals surface area contributed by atoms with E-state index in [1.54, 1.807) is 6.92 Å². The average Bonchev–Trinajstić information content (AvgIpc) is 2.45. The lowest BCUT2D eigenvalue weighted by Crippen LogP contribution is -2.35. The van der Waals surface area contributed by atoms with Crippen molar-refractivity contribution in [3.8, 4) is 6.07 Å². The number of anilines is 1. The molecule has 0 saturated heterocycles. The van der Waals surface area contributed by atoms with Crippen LogP contribution in [0.5, 0.6) is 0 Å². The third-order valence-electron chi connectivity index (χ3n) is 3.10. The molecule has 0 aliphatic heterocycles. The Kier molecular flexibility index (Phi) is 5.29. The number of nitrogens with two attached hydrogens (primary N) is 1. The molecule has 1 atom stereocenters. The van der Waals surface area contributed by atoms with Crippen molar-refractivity contribution < 1.29 is 17.9 Å². The molecule has 0 saturated carbocycles. The lowest BCUT2D eigenvalue weighted by Gasteiger charge is -2.23. The molecule has 0 heterocycles. The summed E-state index contributed by atoms with van der Waals surface area (Å²) in [6.45, 7) is 1.62. The Morgan fingerprint density at radius 2 is 2.14 bits per heavy atom. The van der Waals surface area contributed by atoms with Crippen LogP contribution in [0.4, 0.5) is 5.69 Å². The summed E-state index contributed by atoms with van der Waals surface area (Å²) in [5.74, 6) is -0.600. The zero-order valence-corrected chi connectivity index (χ0v) is 12.8. The van der Waals surface area contributed by atoms with Gasteiger partial charge in [-0.15, -0.1) is 0 Å². The number of hydrogen-bond donors (Lipinski definition) is 1. The van der Waals surface area contributed by atoms with Crippen molar-refractivity contribution in [3.05, 3.63) is 23.8 Å². The zero-order chi connectivity index (χ0) is 16.2. The standard InChI is InChI=1S/C13H17N3O4S/c1-9(6-7-14)16(2)21(18,19)12-5-4-10(8-11(12)15)13(17)20-3/h4-5,8-9H,6,15H2,1-3H3. The van der Waals surface area contributed by atoms with E-state index in [-0.39, 0.29) is 22.6 Å². The van der Waals surface area contributed by atoms with E-state index in [9.17, 15) is 13.2 Å². The highest BCUT2D eigenvalue weighted by molar-refractivity contribution is 7.89. The first-order valence-corrected chi connectivity index (χ1v) is 7.52. The van der Waals surface area contributed by atoms with Crippen molar-refractivity contribution in [2.45, 2.75) is 24.3 Å². The summed E-state index contributed by atoms with van der Waals surface area (Å²) in [4.78, 5) is 11.3. The average molecular weight is 311 g/mol. The minimum Gasteiger partial charge on any atom is -0.465 e. The van der Waals surface area contributed by atoms with Gasteiger partial charge in [0.05, 0.1) is 30.9 Å². The summed E-state index contributed by atoms with van der Waals surface area (Å²) >= 11 is 0. The zero-order valence-electron chi connectivity index (χ0n) is 12.0. The number of nitrogen functional groups attached to an aromatic ring is 1. The SMILES string of the molecule is COC(=O)c1ccc(S(=O)(=O)N(C)C(C)CC#N)c(N)c1.